The van der Waals surface area contributed by atoms with E-state index in [0.717, 1.165) is 36.1 Å². The number of thiophene rings is 1. The van der Waals surface area contributed by atoms with Gasteiger partial charge in [0, 0.05) is 18.0 Å². The lowest BCUT2D eigenvalue weighted by molar-refractivity contribution is 0.0334. The smallest absolute Gasteiger partial charge is 0.358 e. The molecule has 0 fully saturated rings. The number of carbonyl (C=O) groups is 3. The van der Waals surface area contributed by atoms with Crippen LogP contribution in [0.5, 0.6) is 0 Å². The van der Waals surface area contributed by atoms with E-state index in [4.69, 9.17) is 9.47 Å². The van der Waals surface area contributed by atoms with Crippen LogP contribution >= 0.6 is 11.3 Å². The molecule has 0 bridgehead atoms. The van der Waals surface area contributed by atoms with Gasteiger partial charge in [0.05, 0.1) is 18.3 Å². The standard InChI is InChI=1S/C21H27N3O5S/c1-5-12(3)29-21(27)17-13-9-7-8-10-16(13)30-19(17)22-18(25)15-11-14(23-24(15)4)20(26)28-6-2/h11-12H,5-10H2,1-4H3,(H,22,25). The zero-order valence-electron chi connectivity index (χ0n) is 17.7. The summed E-state index contributed by atoms with van der Waals surface area (Å²) in [6.45, 7) is 5.72. The van der Waals surface area contributed by atoms with E-state index in [1.165, 1.54) is 22.1 Å². The van der Waals surface area contributed by atoms with E-state index in [1.807, 2.05) is 13.8 Å². The van der Waals surface area contributed by atoms with Gasteiger partial charge < -0.3 is 14.8 Å². The van der Waals surface area contributed by atoms with Gasteiger partial charge in [0.2, 0.25) is 0 Å². The number of esters is 2. The van der Waals surface area contributed by atoms with Crippen LogP contribution in [0.3, 0.4) is 0 Å². The SMILES string of the molecule is CCOC(=O)c1cc(C(=O)Nc2sc3c(c2C(=O)OC(C)CC)CCCC3)n(C)n1. The molecule has 1 aliphatic carbocycles. The number of amides is 1. The minimum absolute atomic E-state index is 0.0615. The Bertz CT molecular complexity index is 962. The van der Waals surface area contributed by atoms with E-state index in [0.29, 0.717) is 17.0 Å². The molecule has 1 unspecified atom stereocenters. The number of aromatic nitrogens is 2. The number of hydrogen-bond acceptors (Lipinski definition) is 7. The molecule has 1 atom stereocenters. The molecule has 1 amide bonds. The summed E-state index contributed by atoms with van der Waals surface area (Å²) in [5.74, 6) is -1.44. The van der Waals surface area contributed by atoms with Gasteiger partial charge in [0.15, 0.2) is 5.69 Å². The number of nitrogens with zero attached hydrogens (tertiary/aromatic N) is 2. The predicted octanol–water partition coefficient (Wildman–Crippen LogP) is 3.74. The van der Waals surface area contributed by atoms with Gasteiger partial charge in [-0.1, -0.05) is 6.92 Å². The number of rotatable bonds is 7. The molecule has 30 heavy (non-hydrogen) atoms. The number of anilines is 1. The first-order valence-electron chi connectivity index (χ1n) is 10.2. The quantitative estimate of drug-likeness (QED) is 0.668. The first-order valence-corrected chi connectivity index (χ1v) is 11.0. The summed E-state index contributed by atoms with van der Waals surface area (Å²) in [6, 6.07) is 1.39. The van der Waals surface area contributed by atoms with Gasteiger partial charge in [-0.15, -0.1) is 11.3 Å². The minimum atomic E-state index is -0.587. The maximum atomic E-state index is 12.9. The summed E-state index contributed by atoms with van der Waals surface area (Å²) < 4.78 is 11.8. The van der Waals surface area contributed by atoms with Crippen LogP contribution in [0.2, 0.25) is 0 Å². The Morgan fingerprint density at radius 3 is 2.67 bits per heavy atom. The van der Waals surface area contributed by atoms with Gasteiger partial charge in [-0.25, -0.2) is 9.59 Å². The van der Waals surface area contributed by atoms with Gasteiger partial charge >= 0.3 is 11.9 Å². The Kier molecular flexibility index (Phi) is 6.91. The Labute approximate surface area is 179 Å². The molecule has 0 radical (unpaired) electrons. The minimum Gasteiger partial charge on any atom is -0.461 e. The highest BCUT2D eigenvalue weighted by atomic mass is 32.1. The number of nitrogens with one attached hydrogen (secondary N) is 1. The van der Waals surface area contributed by atoms with Crippen LogP contribution in [0.4, 0.5) is 5.00 Å². The fourth-order valence-corrected chi connectivity index (χ4v) is 4.62. The number of fused-ring (bicyclic) bond motifs is 1. The van der Waals surface area contributed by atoms with Gasteiger partial charge in [-0.2, -0.15) is 5.10 Å². The Balaban J connectivity index is 1.89. The molecule has 2 heterocycles. The van der Waals surface area contributed by atoms with Crippen molar-refractivity contribution in [2.75, 3.05) is 11.9 Å². The molecule has 2 aromatic heterocycles. The Morgan fingerprint density at radius 1 is 1.23 bits per heavy atom. The number of carbonyl (C=O) groups excluding carboxylic acids is 3. The third-order valence-corrected chi connectivity index (χ3v) is 6.29. The second-order valence-corrected chi connectivity index (χ2v) is 8.36. The number of hydrogen-bond donors (Lipinski definition) is 1. The first kappa shape index (κ1) is 22.0. The number of aryl methyl sites for hydroxylation is 2. The van der Waals surface area contributed by atoms with E-state index in [-0.39, 0.29) is 24.1 Å². The van der Waals surface area contributed by atoms with Crippen molar-refractivity contribution in [1.82, 2.24) is 9.78 Å². The molecule has 0 aliphatic heterocycles. The fourth-order valence-electron chi connectivity index (χ4n) is 3.35. The molecule has 0 aromatic carbocycles. The van der Waals surface area contributed by atoms with E-state index in [9.17, 15) is 14.4 Å². The van der Waals surface area contributed by atoms with Gasteiger partial charge in [-0.3, -0.25) is 9.48 Å². The summed E-state index contributed by atoms with van der Waals surface area (Å²) in [4.78, 5) is 38.8. The van der Waals surface area contributed by atoms with E-state index >= 15 is 0 Å². The van der Waals surface area contributed by atoms with Gasteiger partial charge in [-0.05, 0) is 51.5 Å². The molecular formula is C21H27N3O5S. The largest absolute Gasteiger partial charge is 0.461 e. The molecule has 3 rings (SSSR count). The molecule has 2 aromatic rings. The maximum Gasteiger partial charge on any atom is 0.358 e. The summed E-state index contributed by atoms with van der Waals surface area (Å²) in [7, 11) is 1.58. The predicted molar refractivity (Wildman–Crippen MR) is 113 cm³/mol. The first-order chi connectivity index (χ1) is 14.3. The Hall–Kier alpha value is -2.68. The van der Waals surface area contributed by atoms with Crippen molar-refractivity contribution in [3.05, 3.63) is 33.5 Å². The zero-order chi connectivity index (χ0) is 21.8. The van der Waals surface area contributed by atoms with Crippen LogP contribution in [0, 0.1) is 0 Å². The second kappa shape index (κ2) is 9.42. The Morgan fingerprint density at radius 2 is 1.97 bits per heavy atom. The van der Waals surface area contributed by atoms with Crippen LogP contribution in [0.1, 0.15) is 81.8 Å². The molecule has 1 aliphatic rings. The summed E-state index contributed by atoms with van der Waals surface area (Å²) in [5, 5.41) is 7.39. The molecule has 0 saturated carbocycles. The van der Waals surface area contributed by atoms with Crippen molar-refractivity contribution in [2.24, 2.45) is 7.05 Å². The van der Waals surface area contributed by atoms with Crippen molar-refractivity contribution in [3.8, 4) is 0 Å². The van der Waals surface area contributed by atoms with Crippen molar-refractivity contribution in [2.45, 2.75) is 59.0 Å². The lowest BCUT2D eigenvalue weighted by Gasteiger charge is -2.15. The highest BCUT2D eigenvalue weighted by Crippen LogP contribution is 2.39. The lowest BCUT2D eigenvalue weighted by atomic mass is 9.95. The fraction of sp³-hybridized carbons (Fsp3) is 0.524. The average molecular weight is 434 g/mol. The summed E-state index contributed by atoms with van der Waals surface area (Å²) in [6.07, 6.45) is 4.26. The highest BCUT2D eigenvalue weighted by molar-refractivity contribution is 7.17. The lowest BCUT2D eigenvalue weighted by Crippen LogP contribution is -2.20. The molecule has 8 nitrogen and oxygen atoms in total. The molecule has 1 N–H and O–H groups in total. The number of ether oxygens (including phenoxy) is 2. The normalized spacial score (nSPS) is 14.0. The van der Waals surface area contributed by atoms with Crippen molar-refractivity contribution < 1.29 is 23.9 Å². The van der Waals surface area contributed by atoms with E-state index in [2.05, 4.69) is 10.4 Å². The van der Waals surface area contributed by atoms with Gasteiger partial charge in [0.1, 0.15) is 10.7 Å². The van der Waals surface area contributed by atoms with Crippen LogP contribution in [0.25, 0.3) is 0 Å². The van der Waals surface area contributed by atoms with Crippen molar-refractivity contribution in [3.63, 3.8) is 0 Å². The average Bonchev–Trinajstić information content (AvgIpc) is 3.28. The third kappa shape index (κ3) is 4.56. The molecule has 9 heteroatoms. The van der Waals surface area contributed by atoms with E-state index < -0.39 is 17.8 Å². The monoisotopic (exact) mass is 433 g/mol. The summed E-state index contributed by atoms with van der Waals surface area (Å²) >= 11 is 1.42. The second-order valence-electron chi connectivity index (χ2n) is 7.25. The zero-order valence-corrected chi connectivity index (χ0v) is 18.6. The summed E-state index contributed by atoms with van der Waals surface area (Å²) in [5.41, 5.74) is 1.69. The molecular weight excluding hydrogens is 406 g/mol. The van der Waals surface area contributed by atoms with Crippen LogP contribution in [-0.4, -0.2) is 40.3 Å². The van der Waals surface area contributed by atoms with Crippen LogP contribution < -0.4 is 5.32 Å². The van der Waals surface area contributed by atoms with Crippen LogP contribution in [0.15, 0.2) is 6.07 Å². The maximum absolute atomic E-state index is 12.9. The van der Waals surface area contributed by atoms with Crippen molar-refractivity contribution >= 4 is 34.2 Å². The molecule has 162 valence electrons. The topological polar surface area (TPSA) is 99.5 Å². The highest BCUT2D eigenvalue weighted by Gasteiger charge is 2.29. The van der Waals surface area contributed by atoms with Crippen LogP contribution in [-0.2, 0) is 29.4 Å². The van der Waals surface area contributed by atoms with Gasteiger partial charge in [0.25, 0.3) is 5.91 Å². The third-order valence-electron chi connectivity index (χ3n) is 5.08. The van der Waals surface area contributed by atoms with Crippen molar-refractivity contribution in [1.29, 1.82) is 0 Å². The molecule has 0 saturated heterocycles. The molecule has 0 spiro atoms. The van der Waals surface area contributed by atoms with E-state index in [1.54, 1.807) is 14.0 Å².